The van der Waals surface area contributed by atoms with Gasteiger partial charge in [-0.2, -0.15) is 0 Å². The van der Waals surface area contributed by atoms with Gasteiger partial charge < -0.3 is 9.52 Å². The highest BCUT2D eigenvalue weighted by molar-refractivity contribution is 6.51. The number of hydrogen-bond acceptors (Lipinski definition) is 4. The zero-order valence-electron chi connectivity index (χ0n) is 18.6. The minimum Gasteiger partial charge on any atom is -0.507 e. The molecule has 1 saturated heterocycles. The van der Waals surface area contributed by atoms with Crippen LogP contribution in [0.15, 0.2) is 82.8 Å². The zero-order valence-corrected chi connectivity index (χ0v) is 18.6. The van der Waals surface area contributed by atoms with E-state index in [-0.39, 0.29) is 11.3 Å². The van der Waals surface area contributed by atoms with Crippen LogP contribution in [0.2, 0.25) is 0 Å². The van der Waals surface area contributed by atoms with Crippen LogP contribution in [0.25, 0.3) is 16.5 Å². The summed E-state index contributed by atoms with van der Waals surface area (Å²) in [5.41, 5.74) is 3.15. The fourth-order valence-corrected chi connectivity index (χ4v) is 4.34. The van der Waals surface area contributed by atoms with Gasteiger partial charge in [-0.1, -0.05) is 42.5 Å². The van der Waals surface area contributed by atoms with Gasteiger partial charge >= 0.3 is 0 Å². The molecule has 1 aliphatic rings. The number of hydrogen-bond donors (Lipinski definition) is 1. The fraction of sp³-hybridized carbons (Fsp3) is 0.143. The number of carbonyl (C=O) groups is 2. The summed E-state index contributed by atoms with van der Waals surface area (Å²) in [6.07, 6.45) is 0. The van der Waals surface area contributed by atoms with Gasteiger partial charge in [-0.05, 0) is 73.0 Å². The summed E-state index contributed by atoms with van der Waals surface area (Å²) < 4.78 is 5.86. The number of aryl methyl sites for hydroxylation is 3. The molecule has 5 rings (SSSR count). The number of aliphatic hydroxyl groups is 1. The van der Waals surface area contributed by atoms with Crippen LogP contribution in [0.4, 0.5) is 5.69 Å². The Morgan fingerprint density at radius 2 is 1.61 bits per heavy atom. The maximum atomic E-state index is 13.3. The molecule has 5 nitrogen and oxygen atoms in total. The summed E-state index contributed by atoms with van der Waals surface area (Å²) in [4.78, 5) is 27.9. The van der Waals surface area contributed by atoms with Gasteiger partial charge in [0.2, 0.25) is 0 Å². The van der Waals surface area contributed by atoms with Crippen molar-refractivity contribution in [1.82, 2.24) is 0 Å². The second kappa shape index (κ2) is 7.78. The third-order valence-electron chi connectivity index (χ3n) is 6.27. The van der Waals surface area contributed by atoms with Crippen LogP contribution in [0.5, 0.6) is 0 Å². The first-order valence-corrected chi connectivity index (χ1v) is 10.8. The van der Waals surface area contributed by atoms with Crippen LogP contribution in [0.1, 0.15) is 34.3 Å². The van der Waals surface area contributed by atoms with Crippen molar-refractivity contribution in [3.05, 3.63) is 107 Å². The van der Waals surface area contributed by atoms with E-state index in [1.165, 1.54) is 4.90 Å². The van der Waals surface area contributed by atoms with E-state index in [4.69, 9.17) is 4.42 Å². The first-order chi connectivity index (χ1) is 15.8. The minimum atomic E-state index is -0.868. The predicted molar refractivity (Wildman–Crippen MR) is 128 cm³/mol. The molecule has 0 bridgehead atoms. The van der Waals surface area contributed by atoms with Crippen LogP contribution in [-0.4, -0.2) is 16.8 Å². The van der Waals surface area contributed by atoms with E-state index in [2.05, 4.69) is 0 Å². The van der Waals surface area contributed by atoms with Crippen LogP contribution in [0, 0.1) is 20.8 Å². The molecule has 1 unspecified atom stereocenters. The molecular weight excluding hydrogens is 414 g/mol. The molecule has 5 heteroatoms. The lowest BCUT2D eigenvalue weighted by molar-refractivity contribution is -0.132. The summed E-state index contributed by atoms with van der Waals surface area (Å²) in [5, 5.41) is 13.3. The molecule has 1 amide bonds. The number of fused-ring (bicyclic) bond motifs is 1. The number of rotatable bonds is 3. The van der Waals surface area contributed by atoms with Crippen molar-refractivity contribution >= 4 is 33.9 Å². The number of nitrogens with zero attached hydrogens (tertiary/aromatic N) is 1. The van der Waals surface area contributed by atoms with E-state index in [0.29, 0.717) is 22.8 Å². The summed E-state index contributed by atoms with van der Waals surface area (Å²) in [6.45, 7) is 5.74. The Labute approximate surface area is 191 Å². The van der Waals surface area contributed by atoms with Gasteiger partial charge in [0.15, 0.2) is 0 Å². The third kappa shape index (κ3) is 3.42. The number of Topliss-reactive ketones (excluding diaryl/α,β-unsaturated/α-hetero) is 1. The molecule has 2 heterocycles. The monoisotopic (exact) mass is 437 g/mol. The highest BCUT2D eigenvalue weighted by atomic mass is 16.3. The quantitative estimate of drug-likeness (QED) is 0.243. The molecule has 0 radical (unpaired) electrons. The van der Waals surface area contributed by atoms with Crippen molar-refractivity contribution in [2.24, 2.45) is 0 Å². The molecule has 1 aromatic heterocycles. The summed E-state index contributed by atoms with van der Waals surface area (Å²) in [7, 11) is 0. The van der Waals surface area contributed by atoms with Gasteiger partial charge in [0.1, 0.15) is 23.3 Å². The average molecular weight is 437 g/mol. The van der Waals surface area contributed by atoms with Crippen LogP contribution >= 0.6 is 0 Å². The maximum Gasteiger partial charge on any atom is 0.300 e. The van der Waals surface area contributed by atoms with Crippen molar-refractivity contribution < 1.29 is 19.1 Å². The molecule has 4 aromatic rings. The Balaban J connectivity index is 1.72. The Kier molecular flexibility index (Phi) is 4.90. The third-order valence-corrected chi connectivity index (χ3v) is 6.27. The first kappa shape index (κ1) is 20.8. The number of amides is 1. The van der Waals surface area contributed by atoms with Crippen LogP contribution in [0.3, 0.4) is 0 Å². The molecule has 1 fully saturated rings. The van der Waals surface area contributed by atoms with Gasteiger partial charge in [-0.3, -0.25) is 14.5 Å². The summed E-state index contributed by atoms with van der Waals surface area (Å²) >= 11 is 0. The normalized spacial score (nSPS) is 17.8. The number of aliphatic hydroxyl groups excluding tert-OH is 1. The number of ketones is 1. The highest BCUT2D eigenvalue weighted by Gasteiger charge is 2.48. The Morgan fingerprint density at radius 1 is 0.848 bits per heavy atom. The SMILES string of the molecule is Cc1ccc(C2/C(=C(/O)c3ccc4ccccc4c3)C(=O)C(=O)N2c2ccc(C)c(C)c2)o1. The highest BCUT2D eigenvalue weighted by Crippen LogP contribution is 2.43. The van der Waals surface area contributed by atoms with Crippen LogP contribution < -0.4 is 4.90 Å². The molecule has 1 aliphatic heterocycles. The average Bonchev–Trinajstić information content (AvgIpc) is 3.35. The van der Waals surface area contributed by atoms with E-state index in [9.17, 15) is 14.7 Å². The fourth-order valence-electron chi connectivity index (χ4n) is 4.34. The van der Waals surface area contributed by atoms with Crippen molar-refractivity contribution in [3.8, 4) is 0 Å². The smallest absolute Gasteiger partial charge is 0.300 e. The zero-order chi connectivity index (χ0) is 23.3. The lowest BCUT2D eigenvalue weighted by Crippen LogP contribution is -2.29. The van der Waals surface area contributed by atoms with Gasteiger partial charge in [-0.15, -0.1) is 0 Å². The van der Waals surface area contributed by atoms with Gasteiger partial charge in [0.25, 0.3) is 11.7 Å². The molecule has 0 spiro atoms. The van der Waals surface area contributed by atoms with Crippen molar-refractivity contribution in [2.45, 2.75) is 26.8 Å². The van der Waals surface area contributed by atoms with Crippen LogP contribution in [-0.2, 0) is 9.59 Å². The van der Waals surface area contributed by atoms with E-state index in [1.807, 2.05) is 68.4 Å². The second-order valence-corrected chi connectivity index (χ2v) is 8.45. The molecule has 3 aromatic carbocycles. The number of benzene rings is 3. The molecule has 1 atom stereocenters. The first-order valence-electron chi connectivity index (χ1n) is 10.8. The Morgan fingerprint density at radius 3 is 2.30 bits per heavy atom. The lowest BCUT2D eigenvalue weighted by atomic mass is 9.97. The molecular formula is C28H23NO4. The van der Waals surface area contributed by atoms with Gasteiger partial charge in [0, 0.05) is 11.3 Å². The standard InChI is InChI=1S/C28H23NO4/c1-16-8-12-22(14-17(16)2)29-25(23-13-9-18(3)33-23)24(27(31)28(29)32)26(30)21-11-10-19-6-4-5-7-20(19)15-21/h4-15,25,30H,1-3H3/b26-24-. The lowest BCUT2D eigenvalue weighted by Gasteiger charge is -2.24. The summed E-state index contributed by atoms with van der Waals surface area (Å²) in [5.74, 6) is -0.573. The Bertz CT molecular complexity index is 1460. The second-order valence-electron chi connectivity index (χ2n) is 8.45. The van der Waals surface area contributed by atoms with Crippen molar-refractivity contribution in [1.29, 1.82) is 0 Å². The summed E-state index contributed by atoms with van der Waals surface area (Å²) in [6, 6.07) is 21.5. The van der Waals surface area contributed by atoms with E-state index >= 15 is 0 Å². The van der Waals surface area contributed by atoms with Gasteiger partial charge in [-0.25, -0.2) is 0 Å². The Hall–Kier alpha value is -4.12. The van der Waals surface area contributed by atoms with E-state index in [0.717, 1.165) is 21.9 Å². The van der Waals surface area contributed by atoms with E-state index < -0.39 is 17.7 Å². The van der Waals surface area contributed by atoms with Gasteiger partial charge in [0.05, 0.1) is 5.57 Å². The van der Waals surface area contributed by atoms with Crippen molar-refractivity contribution in [2.75, 3.05) is 4.90 Å². The van der Waals surface area contributed by atoms with Crippen molar-refractivity contribution in [3.63, 3.8) is 0 Å². The molecule has 164 valence electrons. The maximum absolute atomic E-state index is 13.3. The topological polar surface area (TPSA) is 70.8 Å². The number of carbonyl (C=O) groups excluding carboxylic acids is 2. The molecule has 1 N–H and O–H groups in total. The number of anilines is 1. The molecule has 0 saturated carbocycles. The minimum absolute atomic E-state index is 0.0165. The van der Waals surface area contributed by atoms with E-state index in [1.54, 1.807) is 25.1 Å². The predicted octanol–water partition coefficient (Wildman–Crippen LogP) is 5.98. The largest absolute Gasteiger partial charge is 0.507 e. The molecule has 0 aliphatic carbocycles. The number of furan rings is 1. The molecule has 33 heavy (non-hydrogen) atoms.